The van der Waals surface area contributed by atoms with E-state index < -0.39 is 0 Å². The van der Waals surface area contributed by atoms with E-state index in [0.717, 1.165) is 56.6 Å². The van der Waals surface area contributed by atoms with Crippen LogP contribution in [0.4, 0.5) is 5.82 Å². The number of amides is 2. The molecule has 3 N–H and O–H groups in total. The zero-order valence-electron chi connectivity index (χ0n) is 22.0. The van der Waals surface area contributed by atoms with Crippen LogP contribution in [0.1, 0.15) is 67.4 Å². The molecule has 1 aromatic heterocycles. The number of carbonyl (C=O) groups excluding carboxylic acids is 2. The third-order valence-electron chi connectivity index (χ3n) is 9.79. The number of hydrogen-bond donors (Lipinski definition) is 2. The van der Waals surface area contributed by atoms with Crippen LogP contribution in [-0.4, -0.2) is 47.3 Å². The van der Waals surface area contributed by atoms with Gasteiger partial charge in [-0.1, -0.05) is 12.1 Å². The van der Waals surface area contributed by atoms with Crippen LogP contribution in [-0.2, 0) is 18.3 Å². The lowest BCUT2D eigenvalue weighted by Crippen LogP contribution is -2.62. The van der Waals surface area contributed by atoms with Crippen LogP contribution < -0.4 is 20.7 Å². The van der Waals surface area contributed by atoms with Crippen molar-refractivity contribution in [1.29, 1.82) is 0 Å². The minimum absolute atomic E-state index is 0.101. The Balaban J connectivity index is 1.15. The van der Waals surface area contributed by atoms with E-state index >= 15 is 0 Å². The maximum Gasteiger partial charge on any atom is 0.272 e. The lowest BCUT2D eigenvalue weighted by molar-refractivity contribution is -0.145. The number of ether oxygens (including phenoxy) is 1. The summed E-state index contributed by atoms with van der Waals surface area (Å²) in [7, 11) is 3.62. The highest BCUT2D eigenvalue weighted by Crippen LogP contribution is 2.59. The van der Waals surface area contributed by atoms with Crippen LogP contribution in [0.3, 0.4) is 0 Å². The predicted octanol–water partition coefficient (Wildman–Crippen LogP) is 3.44. The van der Waals surface area contributed by atoms with Gasteiger partial charge in [-0.05, 0) is 93.2 Å². The summed E-state index contributed by atoms with van der Waals surface area (Å²) in [5, 5.41) is 7.99. The summed E-state index contributed by atoms with van der Waals surface area (Å²) in [5.74, 6) is 2.87. The van der Waals surface area contributed by atoms with Crippen molar-refractivity contribution in [3.05, 3.63) is 41.6 Å². The van der Waals surface area contributed by atoms with Gasteiger partial charge in [0.25, 0.3) is 5.91 Å². The smallest absolute Gasteiger partial charge is 0.272 e. The van der Waals surface area contributed by atoms with E-state index in [9.17, 15) is 9.59 Å². The number of aromatic nitrogens is 2. The van der Waals surface area contributed by atoms with Crippen LogP contribution in [0.25, 0.3) is 0 Å². The Morgan fingerprint density at radius 3 is 2.46 bits per heavy atom. The monoisotopic (exact) mass is 505 g/mol. The minimum atomic E-state index is -0.344. The highest BCUT2D eigenvalue weighted by atomic mass is 16.5. The van der Waals surface area contributed by atoms with E-state index in [2.05, 4.69) is 27.4 Å². The Hall–Kier alpha value is -3.03. The van der Waals surface area contributed by atoms with E-state index in [1.807, 2.05) is 29.9 Å². The van der Waals surface area contributed by atoms with Crippen molar-refractivity contribution in [1.82, 2.24) is 15.1 Å². The van der Waals surface area contributed by atoms with Crippen LogP contribution in [0.2, 0.25) is 0 Å². The molecule has 37 heavy (non-hydrogen) atoms. The normalized spacial score (nSPS) is 30.1. The van der Waals surface area contributed by atoms with Gasteiger partial charge in [-0.3, -0.25) is 14.3 Å². The molecule has 1 aromatic carbocycles. The summed E-state index contributed by atoms with van der Waals surface area (Å²) >= 11 is 0. The van der Waals surface area contributed by atoms with Crippen molar-refractivity contribution >= 4 is 17.6 Å². The fraction of sp³-hybridized carbons (Fsp3) is 0.621. The molecule has 8 nitrogen and oxygen atoms in total. The molecule has 5 fully saturated rings. The standard InChI is InChI=1S/C29H39N5O3/c1-33-25(34(22-4-3-5-22)11-10-18-6-8-23(37-2)9-7-18)14-24(32-33)27(35)31-26-20-12-19-13-21(26)17-29(15-19,16-20)28(30)36/h6-9,14,19-22,26H,3-5,10-13,15-17H2,1-2H3,(H2,30,36)(H,31,35). The molecule has 0 aliphatic heterocycles. The molecule has 8 heteroatoms. The molecule has 2 unspecified atom stereocenters. The zero-order chi connectivity index (χ0) is 25.7. The summed E-state index contributed by atoms with van der Waals surface area (Å²) in [5.41, 5.74) is 7.24. The molecule has 2 aromatic rings. The molecule has 0 spiro atoms. The van der Waals surface area contributed by atoms with Crippen molar-refractivity contribution in [3.63, 3.8) is 0 Å². The second kappa shape index (κ2) is 9.37. The van der Waals surface area contributed by atoms with Crippen molar-refractivity contribution < 1.29 is 14.3 Å². The number of nitrogens with zero attached hydrogens (tertiary/aromatic N) is 3. The summed E-state index contributed by atoms with van der Waals surface area (Å²) in [6, 6.07) is 10.8. The molecular weight excluding hydrogens is 466 g/mol. The molecule has 0 radical (unpaired) electrons. The number of primary amides is 1. The van der Waals surface area contributed by atoms with Crippen molar-refractivity contribution in [2.75, 3.05) is 18.6 Å². The molecule has 5 saturated carbocycles. The quantitative estimate of drug-likeness (QED) is 0.544. The zero-order valence-corrected chi connectivity index (χ0v) is 22.0. The molecule has 2 atom stereocenters. The predicted molar refractivity (Wildman–Crippen MR) is 141 cm³/mol. The van der Waals surface area contributed by atoms with E-state index in [0.29, 0.717) is 29.5 Å². The largest absolute Gasteiger partial charge is 0.497 e. The first-order valence-electron chi connectivity index (χ1n) is 13.9. The first-order valence-corrected chi connectivity index (χ1v) is 13.9. The number of aryl methyl sites for hydroxylation is 1. The third kappa shape index (κ3) is 4.38. The van der Waals surface area contributed by atoms with Gasteiger partial charge in [-0.15, -0.1) is 0 Å². The highest BCUT2D eigenvalue weighted by Gasteiger charge is 2.58. The van der Waals surface area contributed by atoms with Crippen LogP contribution in [0.15, 0.2) is 30.3 Å². The van der Waals surface area contributed by atoms with Gasteiger partial charge < -0.3 is 20.7 Å². The van der Waals surface area contributed by atoms with Gasteiger partial charge in [0.05, 0.1) is 7.11 Å². The number of methoxy groups -OCH3 is 1. The van der Waals surface area contributed by atoms with Gasteiger partial charge >= 0.3 is 0 Å². The van der Waals surface area contributed by atoms with E-state index in [4.69, 9.17) is 10.5 Å². The number of hydrogen-bond acceptors (Lipinski definition) is 5. The number of carbonyl (C=O) groups is 2. The number of rotatable bonds is 9. The molecule has 1 heterocycles. The fourth-order valence-corrected chi connectivity index (χ4v) is 7.85. The number of nitrogens with two attached hydrogens (primary N) is 1. The van der Waals surface area contributed by atoms with Crippen molar-refractivity contribution in [2.45, 2.75) is 69.9 Å². The summed E-state index contributed by atoms with van der Waals surface area (Å²) in [6.45, 7) is 0.876. The van der Waals surface area contributed by atoms with Crippen molar-refractivity contribution in [3.8, 4) is 5.75 Å². The number of benzene rings is 1. The third-order valence-corrected chi connectivity index (χ3v) is 9.79. The minimum Gasteiger partial charge on any atom is -0.497 e. The van der Waals surface area contributed by atoms with Gasteiger partial charge in [-0.25, -0.2) is 0 Å². The average molecular weight is 506 g/mol. The Labute approximate surface area is 218 Å². The Morgan fingerprint density at radius 2 is 1.86 bits per heavy atom. The first kappa shape index (κ1) is 24.3. The lowest BCUT2D eigenvalue weighted by atomic mass is 9.47. The summed E-state index contributed by atoms with van der Waals surface area (Å²) in [4.78, 5) is 28.1. The van der Waals surface area contributed by atoms with Crippen LogP contribution >= 0.6 is 0 Å². The SMILES string of the molecule is COc1ccc(CCN(c2cc(C(=O)NC3C4CC5CC3CC(C(N)=O)(C5)C4)nn2C)C2CCC2)cc1. The van der Waals surface area contributed by atoms with E-state index in [-0.39, 0.29) is 23.3 Å². The Bertz CT molecular complexity index is 1150. The first-order chi connectivity index (χ1) is 17.8. The van der Waals surface area contributed by atoms with Gasteiger partial charge in [-0.2, -0.15) is 5.10 Å². The van der Waals surface area contributed by atoms with Crippen LogP contribution in [0, 0.1) is 23.2 Å². The van der Waals surface area contributed by atoms with Gasteiger partial charge in [0.1, 0.15) is 11.6 Å². The van der Waals surface area contributed by atoms with Crippen molar-refractivity contribution in [2.24, 2.45) is 36.0 Å². The van der Waals surface area contributed by atoms with Gasteiger partial charge in [0.15, 0.2) is 5.69 Å². The number of nitrogens with one attached hydrogen (secondary N) is 1. The Morgan fingerprint density at radius 1 is 1.16 bits per heavy atom. The Kier molecular flexibility index (Phi) is 6.16. The molecule has 7 rings (SSSR count). The summed E-state index contributed by atoms with van der Waals surface area (Å²) < 4.78 is 7.15. The molecule has 2 amide bonds. The molecule has 5 aliphatic carbocycles. The van der Waals surface area contributed by atoms with E-state index in [1.54, 1.807) is 7.11 Å². The average Bonchev–Trinajstić information content (AvgIpc) is 3.24. The fourth-order valence-electron chi connectivity index (χ4n) is 7.85. The number of anilines is 1. The molecule has 4 bridgehead atoms. The molecular formula is C29H39N5O3. The van der Waals surface area contributed by atoms with Gasteiger partial charge in [0, 0.05) is 37.2 Å². The van der Waals surface area contributed by atoms with E-state index in [1.165, 1.54) is 24.8 Å². The second-order valence-electron chi connectivity index (χ2n) is 12.0. The summed E-state index contributed by atoms with van der Waals surface area (Å²) in [6.07, 6.45) is 9.24. The lowest BCUT2D eigenvalue weighted by Gasteiger charge is -2.58. The van der Waals surface area contributed by atoms with Gasteiger partial charge in [0.2, 0.25) is 5.91 Å². The second-order valence-corrected chi connectivity index (χ2v) is 12.0. The maximum atomic E-state index is 13.4. The molecule has 5 aliphatic rings. The highest BCUT2D eigenvalue weighted by molar-refractivity contribution is 5.93. The van der Waals surface area contributed by atoms with Crippen LogP contribution in [0.5, 0.6) is 5.75 Å². The molecule has 198 valence electrons. The maximum absolute atomic E-state index is 13.4. The topological polar surface area (TPSA) is 102 Å². The molecule has 0 saturated heterocycles.